The van der Waals surface area contributed by atoms with Gasteiger partial charge >= 0.3 is 0 Å². The summed E-state index contributed by atoms with van der Waals surface area (Å²) in [4.78, 5) is 19.3. The largest absolute Gasteiger partial charge is 0.379 e. The van der Waals surface area contributed by atoms with E-state index < -0.39 is 0 Å². The molecule has 4 fully saturated rings. The summed E-state index contributed by atoms with van der Waals surface area (Å²) in [6.45, 7) is 8.33. The van der Waals surface area contributed by atoms with Crippen LogP contribution < -0.4 is 5.43 Å². The standard InChI is InChI=1S/C24H35N3O2S/c1-23-10-8-19-21(30-22(25-19)26-27-11-13-29-14-12-27)18(23)4-3-15-16-5-6-20(28)24(16,2)9-7-17(15)23/h15-18H,3-14H2,1-2H3,(H,25,26)/t15-,16-,17-,18?,23+,24-/m0/s1. The Balaban J connectivity index is 1.26. The summed E-state index contributed by atoms with van der Waals surface area (Å²) in [5, 5.41) is 3.33. The summed E-state index contributed by atoms with van der Waals surface area (Å²) in [7, 11) is 0. The Morgan fingerprint density at radius 2 is 1.90 bits per heavy atom. The normalized spacial score (nSPS) is 43.5. The van der Waals surface area contributed by atoms with Crippen LogP contribution in [0.2, 0.25) is 0 Å². The van der Waals surface area contributed by atoms with E-state index in [1.807, 2.05) is 11.3 Å². The zero-order chi connectivity index (χ0) is 20.5. The average Bonchev–Trinajstić information content (AvgIpc) is 3.28. The number of nitrogens with one attached hydrogen (secondary N) is 1. The molecule has 1 aliphatic heterocycles. The van der Waals surface area contributed by atoms with Crippen molar-refractivity contribution >= 4 is 22.3 Å². The van der Waals surface area contributed by atoms with Gasteiger partial charge in [-0.1, -0.05) is 13.8 Å². The number of Topliss-reactive ketones (excluding diaryl/α,β-unsaturated/α-hetero) is 1. The van der Waals surface area contributed by atoms with Crippen LogP contribution in [0.1, 0.15) is 75.3 Å². The predicted molar refractivity (Wildman–Crippen MR) is 119 cm³/mol. The number of aryl methyl sites for hydroxylation is 1. The summed E-state index contributed by atoms with van der Waals surface area (Å²) >= 11 is 1.91. The first-order chi connectivity index (χ1) is 14.5. The maximum absolute atomic E-state index is 12.7. The van der Waals surface area contributed by atoms with Crippen molar-refractivity contribution in [3.8, 4) is 0 Å². The van der Waals surface area contributed by atoms with E-state index in [-0.39, 0.29) is 5.41 Å². The molecular formula is C24H35N3O2S. The Labute approximate surface area is 183 Å². The van der Waals surface area contributed by atoms with E-state index in [9.17, 15) is 4.79 Å². The van der Waals surface area contributed by atoms with Gasteiger partial charge in [0.1, 0.15) is 5.78 Å². The van der Waals surface area contributed by atoms with Gasteiger partial charge in [-0.2, -0.15) is 0 Å². The fourth-order valence-electron chi connectivity index (χ4n) is 8.08. The molecule has 0 radical (unpaired) electrons. The fraction of sp³-hybridized carbons (Fsp3) is 0.833. The van der Waals surface area contributed by atoms with Crippen molar-refractivity contribution in [3.05, 3.63) is 10.6 Å². The summed E-state index contributed by atoms with van der Waals surface area (Å²) in [6, 6.07) is 0. The van der Waals surface area contributed by atoms with Crippen molar-refractivity contribution in [2.75, 3.05) is 31.7 Å². The van der Waals surface area contributed by atoms with Crippen LogP contribution in [0.25, 0.3) is 0 Å². The second kappa shape index (κ2) is 7.01. The molecule has 1 N–H and O–H groups in total. The van der Waals surface area contributed by atoms with E-state index in [1.165, 1.54) is 31.4 Å². The molecule has 0 amide bonds. The number of ketones is 1. The summed E-state index contributed by atoms with van der Waals surface area (Å²) < 4.78 is 5.48. The molecule has 30 heavy (non-hydrogen) atoms. The molecule has 1 aromatic heterocycles. The third-order valence-electron chi connectivity index (χ3n) is 9.79. The molecule has 6 atom stereocenters. The van der Waals surface area contributed by atoms with Gasteiger partial charge in [0.15, 0.2) is 5.13 Å². The van der Waals surface area contributed by atoms with Gasteiger partial charge in [0.25, 0.3) is 0 Å². The summed E-state index contributed by atoms with van der Waals surface area (Å²) in [5.41, 5.74) is 5.29. The lowest BCUT2D eigenvalue weighted by molar-refractivity contribution is -0.134. The highest BCUT2D eigenvalue weighted by molar-refractivity contribution is 7.15. The zero-order valence-corrected chi connectivity index (χ0v) is 19.2. The molecule has 0 aromatic carbocycles. The monoisotopic (exact) mass is 429 g/mol. The third kappa shape index (κ3) is 2.79. The van der Waals surface area contributed by atoms with Gasteiger partial charge in [-0.25, -0.2) is 9.99 Å². The van der Waals surface area contributed by atoms with Crippen LogP contribution in [0.5, 0.6) is 0 Å². The first-order valence-corrected chi connectivity index (χ1v) is 12.9. The summed E-state index contributed by atoms with van der Waals surface area (Å²) in [6.07, 6.45) is 9.34. The van der Waals surface area contributed by atoms with Gasteiger partial charge in [-0.05, 0) is 68.1 Å². The highest BCUT2D eigenvalue weighted by Gasteiger charge is 2.60. The predicted octanol–water partition coefficient (Wildman–Crippen LogP) is 4.64. The average molecular weight is 430 g/mol. The van der Waals surface area contributed by atoms with E-state index in [0.717, 1.165) is 69.0 Å². The second-order valence-electron chi connectivity index (χ2n) is 11.0. The molecule has 0 bridgehead atoms. The van der Waals surface area contributed by atoms with Crippen LogP contribution in [-0.4, -0.2) is 42.1 Å². The fourth-order valence-corrected chi connectivity index (χ4v) is 9.41. The molecule has 0 spiro atoms. The minimum absolute atomic E-state index is 0.01000. The van der Waals surface area contributed by atoms with Crippen LogP contribution in [0.3, 0.4) is 0 Å². The van der Waals surface area contributed by atoms with Gasteiger partial charge in [0.2, 0.25) is 0 Å². The number of ether oxygens (including phenoxy) is 1. The Morgan fingerprint density at radius 1 is 1.07 bits per heavy atom. The molecule has 3 saturated carbocycles. The maximum atomic E-state index is 12.7. The highest BCUT2D eigenvalue weighted by atomic mass is 32.1. The number of fused-ring (bicyclic) bond motifs is 7. The number of rotatable bonds is 2. The topological polar surface area (TPSA) is 54.5 Å². The van der Waals surface area contributed by atoms with E-state index in [4.69, 9.17) is 9.72 Å². The number of nitrogens with zero attached hydrogens (tertiary/aromatic N) is 2. The van der Waals surface area contributed by atoms with Crippen LogP contribution in [0, 0.1) is 28.6 Å². The lowest BCUT2D eigenvalue weighted by atomic mass is 9.46. The van der Waals surface area contributed by atoms with Crippen molar-refractivity contribution in [1.82, 2.24) is 9.99 Å². The molecule has 6 rings (SSSR count). The number of hydrogen-bond acceptors (Lipinski definition) is 6. The van der Waals surface area contributed by atoms with Crippen molar-refractivity contribution < 1.29 is 9.53 Å². The highest BCUT2D eigenvalue weighted by Crippen LogP contribution is 2.67. The first kappa shape index (κ1) is 19.7. The van der Waals surface area contributed by atoms with E-state index in [0.29, 0.717) is 23.0 Å². The molecule has 6 heteroatoms. The number of carbonyl (C=O) groups excluding carboxylic acids is 1. The Bertz CT molecular complexity index is 850. The number of morpholine rings is 1. The Morgan fingerprint density at radius 3 is 2.73 bits per heavy atom. The van der Waals surface area contributed by atoms with E-state index in [2.05, 4.69) is 24.3 Å². The third-order valence-corrected chi connectivity index (χ3v) is 10.9. The van der Waals surface area contributed by atoms with Crippen LogP contribution >= 0.6 is 11.3 Å². The number of carbonyl (C=O) groups is 1. The van der Waals surface area contributed by atoms with E-state index in [1.54, 1.807) is 4.88 Å². The lowest BCUT2D eigenvalue weighted by Crippen LogP contribution is -2.52. The minimum atomic E-state index is -0.01000. The molecule has 1 aromatic rings. The number of hydrazine groups is 1. The molecule has 4 aliphatic carbocycles. The molecule has 164 valence electrons. The SMILES string of the molecule is C[C@]12CCc3nc(NN4CCOCC4)sc3C1CC[C@@H]1[C@@H]2CC[C@]2(C)C(=O)CC[C@@H]12. The minimum Gasteiger partial charge on any atom is -0.379 e. The van der Waals surface area contributed by atoms with Gasteiger partial charge < -0.3 is 4.74 Å². The number of hydrogen-bond donors (Lipinski definition) is 1. The molecular weight excluding hydrogens is 394 g/mol. The van der Waals surface area contributed by atoms with Crippen LogP contribution in [-0.2, 0) is 16.0 Å². The molecule has 1 saturated heterocycles. The van der Waals surface area contributed by atoms with Crippen molar-refractivity contribution in [1.29, 1.82) is 0 Å². The Kier molecular flexibility index (Phi) is 4.60. The Hall–Kier alpha value is -0.980. The number of thiazole rings is 1. The van der Waals surface area contributed by atoms with Gasteiger partial charge in [0.05, 0.1) is 18.9 Å². The molecule has 1 unspecified atom stereocenters. The first-order valence-electron chi connectivity index (χ1n) is 12.1. The number of anilines is 1. The second-order valence-corrected chi connectivity index (χ2v) is 12.0. The van der Waals surface area contributed by atoms with Gasteiger partial charge in [0, 0.05) is 35.7 Å². The summed E-state index contributed by atoms with van der Waals surface area (Å²) in [5.74, 6) is 3.40. The maximum Gasteiger partial charge on any atom is 0.197 e. The number of aromatic nitrogens is 1. The van der Waals surface area contributed by atoms with Crippen molar-refractivity contribution in [3.63, 3.8) is 0 Å². The zero-order valence-electron chi connectivity index (χ0n) is 18.4. The van der Waals surface area contributed by atoms with Crippen molar-refractivity contribution in [2.24, 2.45) is 28.6 Å². The van der Waals surface area contributed by atoms with Gasteiger partial charge in [-0.15, -0.1) is 11.3 Å². The quantitative estimate of drug-likeness (QED) is 0.742. The van der Waals surface area contributed by atoms with Gasteiger partial charge in [-0.3, -0.25) is 10.2 Å². The van der Waals surface area contributed by atoms with Crippen molar-refractivity contribution in [2.45, 2.75) is 71.1 Å². The van der Waals surface area contributed by atoms with Crippen LogP contribution in [0.4, 0.5) is 5.13 Å². The molecule has 2 heterocycles. The molecule has 5 aliphatic rings. The lowest BCUT2D eigenvalue weighted by Gasteiger charge is -2.59. The van der Waals surface area contributed by atoms with E-state index >= 15 is 0 Å². The molecule has 5 nitrogen and oxygen atoms in total. The van der Waals surface area contributed by atoms with Crippen LogP contribution in [0.15, 0.2) is 0 Å². The smallest absolute Gasteiger partial charge is 0.197 e.